The second-order valence-electron chi connectivity index (χ2n) is 7.65. The van der Waals surface area contributed by atoms with E-state index in [1.54, 1.807) is 36.4 Å². The highest BCUT2D eigenvalue weighted by molar-refractivity contribution is 6.51. The Kier molecular flexibility index (Phi) is 6.47. The smallest absolute Gasteiger partial charge is 0.300 e. The van der Waals surface area contributed by atoms with Crippen LogP contribution in [0.15, 0.2) is 78.6 Å². The van der Waals surface area contributed by atoms with Crippen LogP contribution in [0, 0.1) is 0 Å². The van der Waals surface area contributed by atoms with Crippen LogP contribution in [0.1, 0.15) is 31.0 Å². The normalized spacial score (nSPS) is 17.4. The molecule has 168 valence electrons. The quantitative estimate of drug-likeness (QED) is 0.310. The summed E-state index contributed by atoms with van der Waals surface area (Å²) in [5, 5.41) is 11.6. The van der Waals surface area contributed by atoms with Crippen molar-refractivity contribution in [3.05, 3.63) is 94.8 Å². The Labute approximate surface area is 197 Å². The molecule has 1 atom stereocenters. The van der Waals surface area contributed by atoms with Crippen molar-refractivity contribution in [2.45, 2.75) is 19.9 Å². The van der Waals surface area contributed by atoms with Gasteiger partial charge in [0.15, 0.2) is 0 Å². The molecule has 1 unspecified atom stereocenters. The molecule has 3 aromatic rings. The number of hydrogen-bond acceptors (Lipinski definition) is 5. The number of ketones is 1. The topological polar surface area (TPSA) is 73.7 Å². The van der Waals surface area contributed by atoms with Gasteiger partial charge in [0.2, 0.25) is 0 Å². The summed E-state index contributed by atoms with van der Waals surface area (Å²) in [6, 6.07) is 16.9. The van der Waals surface area contributed by atoms with E-state index in [-0.39, 0.29) is 11.3 Å². The maximum atomic E-state index is 13.2. The average Bonchev–Trinajstić information content (AvgIpc) is 3.11. The van der Waals surface area contributed by atoms with Crippen molar-refractivity contribution in [3.8, 4) is 0 Å². The first-order valence-electron chi connectivity index (χ1n) is 10.8. The number of benzene rings is 2. The van der Waals surface area contributed by atoms with Gasteiger partial charge in [-0.3, -0.25) is 19.5 Å². The van der Waals surface area contributed by atoms with Crippen molar-refractivity contribution in [1.29, 1.82) is 0 Å². The molecule has 0 spiro atoms. The fourth-order valence-corrected chi connectivity index (χ4v) is 4.26. The van der Waals surface area contributed by atoms with Crippen molar-refractivity contribution in [2.75, 3.05) is 22.9 Å². The van der Waals surface area contributed by atoms with E-state index in [4.69, 9.17) is 11.6 Å². The SMILES string of the molecule is CCN(CC)c1ccc(C2/C(=C(/O)c3ccncc3)C(=O)C(=O)N2c2ccc(Cl)cc2)cc1. The van der Waals surface area contributed by atoms with E-state index in [2.05, 4.69) is 23.7 Å². The number of aliphatic hydroxyl groups is 1. The third kappa shape index (κ3) is 4.22. The first-order valence-corrected chi connectivity index (χ1v) is 11.2. The summed E-state index contributed by atoms with van der Waals surface area (Å²) in [4.78, 5) is 33.9. The van der Waals surface area contributed by atoms with Gasteiger partial charge in [0, 0.05) is 47.4 Å². The van der Waals surface area contributed by atoms with Gasteiger partial charge in [-0.25, -0.2) is 0 Å². The van der Waals surface area contributed by atoms with Crippen molar-refractivity contribution in [1.82, 2.24) is 4.98 Å². The Hall–Kier alpha value is -3.64. The highest BCUT2D eigenvalue weighted by atomic mass is 35.5. The lowest BCUT2D eigenvalue weighted by Gasteiger charge is -2.26. The van der Waals surface area contributed by atoms with Gasteiger partial charge in [-0.15, -0.1) is 0 Å². The van der Waals surface area contributed by atoms with Crippen LogP contribution >= 0.6 is 11.6 Å². The predicted molar refractivity (Wildman–Crippen MR) is 130 cm³/mol. The van der Waals surface area contributed by atoms with Gasteiger partial charge < -0.3 is 10.0 Å². The summed E-state index contributed by atoms with van der Waals surface area (Å²) in [7, 11) is 0. The summed E-state index contributed by atoms with van der Waals surface area (Å²) >= 11 is 6.04. The van der Waals surface area contributed by atoms with E-state index in [0.29, 0.717) is 16.3 Å². The van der Waals surface area contributed by atoms with Crippen LogP contribution in [-0.2, 0) is 9.59 Å². The van der Waals surface area contributed by atoms with Crippen molar-refractivity contribution < 1.29 is 14.7 Å². The number of pyridine rings is 1. The van der Waals surface area contributed by atoms with E-state index in [1.165, 1.54) is 17.3 Å². The summed E-state index contributed by atoms with van der Waals surface area (Å²) in [6.45, 7) is 5.89. The van der Waals surface area contributed by atoms with Crippen LogP contribution in [0.2, 0.25) is 5.02 Å². The molecule has 6 nitrogen and oxygen atoms in total. The molecule has 1 amide bonds. The van der Waals surface area contributed by atoms with Crippen molar-refractivity contribution in [3.63, 3.8) is 0 Å². The summed E-state index contributed by atoms with van der Waals surface area (Å²) in [5.74, 6) is -1.67. The summed E-state index contributed by atoms with van der Waals surface area (Å²) in [5.41, 5.74) is 2.74. The number of carbonyl (C=O) groups is 2. The van der Waals surface area contributed by atoms with Gasteiger partial charge in [0.05, 0.1) is 11.6 Å². The Morgan fingerprint density at radius 3 is 2.15 bits per heavy atom. The Bertz CT molecular complexity index is 1190. The van der Waals surface area contributed by atoms with E-state index in [0.717, 1.165) is 24.3 Å². The molecule has 1 aliphatic heterocycles. The maximum Gasteiger partial charge on any atom is 0.300 e. The monoisotopic (exact) mass is 461 g/mol. The third-order valence-corrected chi connectivity index (χ3v) is 6.09. The van der Waals surface area contributed by atoms with Gasteiger partial charge in [0.1, 0.15) is 5.76 Å². The second kappa shape index (κ2) is 9.46. The summed E-state index contributed by atoms with van der Waals surface area (Å²) in [6.07, 6.45) is 3.05. The fraction of sp³-hybridized carbons (Fsp3) is 0.192. The molecule has 1 aromatic heterocycles. The highest BCUT2D eigenvalue weighted by Gasteiger charge is 2.46. The fourth-order valence-electron chi connectivity index (χ4n) is 4.14. The minimum atomic E-state index is -0.787. The first-order chi connectivity index (χ1) is 16.0. The molecular formula is C26H24ClN3O3. The molecule has 2 aromatic carbocycles. The van der Waals surface area contributed by atoms with Crippen LogP contribution in [-0.4, -0.2) is 34.9 Å². The standard InChI is InChI=1S/C26H24ClN3O3/c1-3-29(4-2)20-9-5-17(6-10-20)23-22(24(31)18-13-15-28-16-14-18)25(32)26(33)30(23)21-11-7-19(27)8-12-21/h5-16,23,31H,3-4H2,1-2H3/b24-22-. The number of aliphatic hydroxyl groups excluding tert-OH is 1. The molecule has 4 rings (SSSR count). The van der Waals surface area contributed by atoms with Crippen LogP contribution in [0.25, 0.3) is 5.76 Å². The van der Waals surface area contributed by atoms with E-state index in [9.17, 15) is 14.7 Å². The molecule has 0 saturated carbocycles. The largest absolute Gasteiger partial charge is 0.507 e. The number of rotatable bonds is 6. The van der Waals surface area contributed by atoms with Crippen molar-refractivity contribution >= 4 is 40.4 Å². The van der Waals surface area contributed by atoms with Crippen LogP contribution in [0.5, 0.6) is 0 Å². The second-order valence-corrected chi connectivity index (χ2v) is 8.08. The Balaban J connectivity index is 1.88. The van der Waals surface area contributed by atoms with Gasteiger partial charge in [-0.2, -0.15) is 0 Å². The molecule has 1 N–H and O–H groups in total. The van der Waals surface area contributed by atoms with Gasteiger partial charge in [-0.1, -0.05) is 23.7 Å². The minimum absolute atomic E-state index is 0.0386. The molecular weight excluding hydrogens is 438 g/mol. The maximum absolute atomic E-state index is 13.2. The highest BCUT2D eigenvalue weighted by Crippen LogP contribution is 2.42. The molecule has 33 heavy (non-hydrogen) atoms. The lowest BCUT2D eigenvalue weighted by Crippen LogP contribution is -2.29. The molecule has 1 aliphatic rings. The summed E-state index contributed by atoms with van der Waals surface area (Å²) < 4.78 is 0. The molecule has 0 radical (unpaired) electrons. The lowest BCUT2D eigenvalue weighted by atomic mass is 9.95. The molecule has 0 bridgehead atoms. The van der Waals surface area contributed by atoms with Crippen LogP contribution < -0.4 is 9.80 Å². The number of halogens is 1. The molecule has 1 fully saturated rings. The zero-order valence-electron chi connectivity index (χ0n) is 18.4. The predicted octanol–water partition coefficient (Wildman–Crippen LogP) is 5.21. The van der Waals surface area contributed by atoms with Gasteiger partial charge >= 0.3 is 0 Å². The lowest BCUT2D eigenvalue weighted by molar-refractivity contribution is -0.132. The zero-order chi connectivity index (χ0) is 23.5. The number of amides is 1. The van der Waals surface area contributed by atoms with Crippen LogP contribution in [0.3, 0.4) is 0 Å². The number of aromatic nitrogens is 1. The Morgan fingerprint density at radius 2 is 1.58 bits per heavy atom. The number of nitrogens with zero attached hydrogens (tertiary/aromatic N) is 3. The van der Waals surface area contributed by atoms with Gasteiger partial charge in [0.25, 0.3) is 11.7 Å². The van der Waals surface area contributed by atoms with E-state index in [1.807, 2.05) is 24.3 Å². The number of anilines is 2. The number of hydrogen-bond donors (Lipinski definition) is 1. The first kappa shape index (κ1) is 22.6. The Morgan fingerprint density at radius 1 is 0.970 bits per heavy atom. The molecule has 1 saturated heterocycles. The van der Waals surface area contributed by atoms with E-state index < -0.39 is 17.7 Å². The number of Topliss-reactive ketones (excluding diaryl/α,β-unsaturated/α-hetero) is 1. The van der Waals surface area contributed by atoms with E-state index >= 15 is 0 Å². The molecule has 7 heteroatoms. The molecule has 2 heterocycles. The molecule has 0 aliphatic carbocycles. The van der Waals surface area contributed by atoms with Crippen molar-refractivity contribution in [2.24, 2.45) is 0 Å². The third-order valence-electron chi connectivity index (χ3n) is 5.84. The average molecular weight is 462 g/mol. The van der Waals surface area contributed by atoms with Gasteiger partial charge in [-0.05, 0) is 67.9 Å². The zero-order valence-corrected chi connectivity index (χ0v) is 19.2. The van der Waals surface area contributed by atoms with Crippen LogP contribution in [0.4, 0.5) is 11.4 Å². The minimum Gasteiger partial charge on any atom is -0.507 e. The number of carbonyl (C=O) groups excluding carboxylic acids is 2.